The third-order valence-electron chi connectivity index (χ3n) is 4.11. The van der Waals surface area contributed by atoms with Crippen LogP contribution in [0.2, 0.25) is 0 Å². The molecule has 0 atom stereocenters. The van der Waals surface area contributed by atoms with E-state index in [-0.39, 0.29) is 24.5 Å². The number of nitrogens with zero attached hydrogens (tertiary/aromatic N) is 1. The quantitative estimate of drug-likeness (QED) is 0.721. The fourth-order valence-corrected chi connectivity index (χ4v) is 2.81. The van der Waals surface area contributed by atoms with E-state index in [2.05, 4.69) is 5.32 Å². The number of anilines is 1. The lowest BCUT2D eigenvalue weighted by molar-refractivity contribution is -0.123. The van der Waals surface area contributed by atoms with Crippen molar-refractivity contribution in [2.45, 2.75) is 33.3 Å². The van der Waals surface area contributed by atoms with Crippen LogP contribution in [0.5, 0.6) is 11.5 Å². The number of rotatable bonds is 9. The van der Waals surface area contributed by atoms with Crippen LogP contribution < -0.4 is 19.7 Å². The van der Waals surface area contributed by atoms with Crippen molar-refractivity contribution < 1.29 is 19.1 Å². The van der Waals surface area contributed by atoms with E-state index in [0.717, 1.165) is 17.1 Å². The number of nitrogens with one attached hydrogen (secondary N) is 1. The van der Waals surface area contributed by atoms with Gasteiger partial charge < -0.3 is 19.7 Å². The van der Waals surface area contributed by atoms with Crippen LogP contribution in [0.15, 0.2) is 48.5 Å². The molecule has 2 amide bonds. The molecule has 0 aliphatic heterocycles. The molecular weight excluding hydrogens is 356 g/mol. The van der Waals surface area contributed by atoms with Gasteiger partial charge in [0.25, 0.3) is 0 Å². The molecule has 0 bridgehead atoms. The summed E-state index contributed by atoms with van der Waals surface area (Å²) in [4.78, 5) is 25.8. The second-order valence-electron chi connectivity index (χ2n) is 6.68. The number of hydrogen-bond acceptors (Lipinski definition) is 4. The van der Waals surface area contributed by atoms with Gasteiger partial charge in [-0.05, 0) is 56.2 Å². The zero-order chi connectivity index (χ0) is 20.5. The Morgan fingerprint density at radius 1 is 1.07 bits per heavy atom. The molecule has 150 valence electrons. The Morgan fingerprint density at radius 2 is 1.75 bits per heavy atom. The van der Waals surface area contributed by atoms with Crippen molar-refractivity contribution in [3.63, 3.8) is 0 Å². The maximum absolute atomic E-state index is 12.3. The molecule has 0 heterocycles. The smallest absolute Gasteiger partial charge is 0.240 e. The van der Waals surface area contributed by atoms with Gasteiger partial charge in [-0.2, -0.15) is 0 Å². The van der Waals surface area contributed by atoms with E-state index in [1.807, 2.05) is 38.1 Å². The molecule has 0 spiro atoms. The molecule has 28 heavy (non-hydrogen) atoms. The number of carbonyl (C=O) groups excluding carboxylic acids is 2. The molecule has 0 aromatic heterocycles. The zero-order valence-corrected chi connectivity index (χ0v) is 16.9. The van der Waals surface area contributed by atoms with E-state index in [1.165, 1.54) is 11.8 Å². The first-order valence-corrected chi connectivity index (χ1v) is 9.34. The van der Waals surface area contributed by atoms with Gasteiger partial charge in [0.2, 0.25) is 11.8 Å². The molecule has 0 saturated carbocycles. The third kappa shape index (κ3) is 6.30. The molecule has 0 unspecified atom stereocenters. The summed E-state index contributed by atoms with van der Waals surface area (Å²) in [7, 11) is 1.62. The zero-order valence-electron chi connectivity index (χ0n) is 16.9. The monoisotopic (exact) mass is 384 g/mol. The summed E-state index contributed by atoms with van der Waals surface area (Å²) in [6.45, 7) is 5.77. The van der Waals surface area contributed by atoms with Crippen molar-refractivity contribution in [2.75, 3.05) is 25.1 Å². The highest BCUT2D eigenvalue weighted by atomic mass is 16.5. The molecule has 0 saturated heterocycles. The lowest BCUT2D eigenvalue weighted by Crippen LogP contribution is -2.40. The van der Waals surface area contributed by atoms with Gasteiger partial charge in [0.15, 0.2) is 0 Å². The van der Waals surface area contributed by atoms with Gasteiger partial charge in [0.05, 0.1) is 13.2 Å². The van der Waals surface area contributed by atoms with Crippen molar-refractivity contribution >= 4 is 17.5 Å². The Labute approximate surface area is 166 Å². The van der Waals surface area contributed by atoms with E-state index >= 15 is 0 Å². The number of hydrogen-bond donors (Lipinski definition) is 1. The molecule has 0 radical (unpaired) electrons. The van der Waals surface area contributed by atoms with E-state index in [9.17, 15) is 9.59 Å². The van der Waals surface area contributed by atoms with Crippen molar-refractivity contribution in [1.82, 2.24) is 5.32 Å². The standard InChI is InChI=1S/C22H28N2O4/c1-16(2)28-20-11-9-19(10-12-20)24(17(3)25)15-22(26)23-14-13-18-7-5-6-8-21(18)27-4/h5-12,16H,13-15H2,1-4H3,(H,23,26). The highest BCUT2D eigenvalue weighted by Gasteiger charge is 2.16. The van der Waals surface area contributed by atoms with Crippen LogP contribution in [0.4, 0.5) is 5.69 Å². The van der Waals surface area contributed by atoms with Gasteiger partial charge in [-0.3, -0.25) is 9.59 Å². The summed E-state index contributed by atoms with van der Waals surface area (Å²) in [6.07, 6.45) is 0.723. The van der Waals surface area contributed by atoms with E-state index in [4.69, 9.17) is 9.47 Å². The Kier molecular flexibility index (Phi) is 7.87. The predicted octanol–water partition coefficient (Wildman–Crippen LogP) is 3.19. The second-order valence-corrected chi connectivity index (χ2v) is 6.68. The van der Waals surface area contributed by atoms with E-state index in [1.54, 1.807) is 31.4 Å². The Morgan fingerprint density at radius 3 is 2.36 bits per heavy atom. The molecule has 0 fully saturated rings. The van der Waals surface area contributed by atoms with Crippen LogP contribution in [0.3, 0.4) is 0 Å². The first-order valence-electron chi connectivity index (χ1n) is 9.34. The Balaban J connectivity index is 1.92. The number of ether oxygens (including phenoxy) is 2. The van der Waals surface area contributed by atoms with E-state index in [0.29, 0.717) is 18.7 Å². The predicted molar refractivity (Wildman–Crippen MR) is 110 cm³/mol. The first kappa shape index (κ1) is 21.3. The van der Waals surface area contributed by atoms with Gasteiger partial charge in [-0.15, -0.1) is 0 Å². The summed E-state index contributed by atoms with van der Waals surface area (Å²) < 4.78 is 10.9. The summed E-state index contributed by atoms with van der Waals surface area (Å²) in [5.41, 5.74) is 1.68. The number of carbonyl (C=O) groups is 2. The minimum atomic E-state index is -0.215. The van der Waals surface area contributed by atoms with Gasteiger partial charge in [-0.1, -0.05) is 18.2 Å². The van der Waals surface area contributed by atoms with Crippen molar-refractivity contribution in [3.8, 4) is 11.5 Å². The van der Waals surface area contributed by atoms with Gasteiger partial charge in [-0.25, -0.2) is 0 Å². The molecule has 0 aliphatic rings. The van der Waals surface area contributed by atoms with Crippen molar-refractivity contribution in [2.24, 2.45) is 0 Å². The summed E-state index contributed by atoms with van der Waals surface area (Å²) in [5, 5.41) is 2.86. The van der Waals surface area contributed by atoms with Crippen LogP contribution in [-0.4, -0.2) is 38.1 Å². The average Bonchev–Trinajstić information content (AvgIpc) is 2.66. The Hall–Kier alpha value is -3.02. The molecule has 2 aromatic carbocycles. The maximum Gasteiger partial charge on any atom is 0.240 e. The average molecular weight is 384 g/mol. The minimum absolute atomic E-state index is 0.0361. The largest absolute Gasteiger partial charge is 0.496 e. The van der Waals surface area contributed by atoms with E-state index < -0.39 is 0 Å². The third-order valence-corrected chi connectivity index (χ3v) is 4.11. The molecular formula is C22H28N2O4. The number of methoxy groups -OCH3 is 1. The molecule has 0 aliphatic carbocycles. The molecule has 6 heteroatoms. The molecule has 2 aromatic rings. The second kappa shape index (κ2) is 10.3. The van der Waals surface area contributed by atoms with Crippen LogP contribution in [0.1, 0.15) is 26.3 Å². The Bertz CT molecular complexity index is 787. The molecule has 6 nitrogen and oxygen atoms in total. The topological polar surface area (TPSA) is 67.9 Å². The number of para-hydroxylation sites is 1. The normalized spacial score (nSPS) is 10.5. The van der Waals surface area contributed by atoms with Gasteiger partial charge in [0.1, 0.15) is 18.0 Å². The first-order chi connectivity index (χ1) is 13.4. The van der Waals surface area contributed by atoms with Crippen LogP contribution >= 0.6 is 0 Å². The summed E-state index contributed by atoms with van der Waals surface area (Å²) in [5.74, 6) is 1.11. The van der Waals surface area contributed by atoms with Crippen LogP contribution in [0.25, 0.3) is 0 Å². The van der Waals surface area contributed by atoms with Crippen molar-refractivity contribution in [1.29, 1.82) is 0 Å². The fraction of sp³-hybridized carbons (Fsp3) is 0.364. The van der Waals surface area contributed by atoms with Gasteiger partial charge >= 0.3 is 0 Å². The summed E-state index contributed by atoms with van der Waals surface area (Å²) in [6, 6.07) is 14.8. The SMILES string of the molecule is COc1ccccc1CCNC(=O)CN(C(C)=O)c1ccc(OC(C)C)cc1. The van der Waals surface area contributed by atoms with Gasteiger partial charge in [0, 0.05) is 19.2 Å². The minimum Gasteiger partial charge on any atom is -0.496 e. The summed E-state index contributed by atoms with van der Waals surface area (Å²) >= 11 is 0. The fourth-order valence-electron chi connectivity index (χ4n) is 2.81. The highest BCUT2D eigenvalue weighted by molar-refractivity contribution is 5.97. The molecule has 2 rings (SSSR count). The van der Waals surface area contributed by atoms with Crippen LogP contribution in [0, 0.1) is 0 Å². The lowest BCUT2D eigenvalue weighted by atomic mass is 10.1. The lowest BCUT2D eigenvalue weighted by Gasteiger charge is -2.21. The molecule has 1 N–H and O–H groups in total. The van der Waals surface area contributed by atoms with Crippen molar-refractivity contribution in [3.05, 3.63) is 54.1 Å². The van der Waals surface area contributed by atoms with Crippen LogP contribution in [-0.2, 0) is 16.0 Å². The number of benzene rings is 2. The maximum atomic E-state index is 12.3. The number of amides is 2. The highest BCUT2D eigenvalue weighted by Crippen LogP contribution is 2.20.